The second kappa shape index (κ2) is 6.57. The Morgan fingerprint density at radius 2 is 1.83 bits per heavy atom. The van der Waals surface area contributed by atoms with E-state index >= 15 is 0 Å². The molecule has 0 amide bonds. The molecule has 3 aromatic rings. The van der Waals surface area contributed by atoms with E-state index in [-0.39, 0.29) is 6.04 Å². The van der Waals surface area contributed by atoms with E-state index in [1.54, 1.807) is 6.20 Å². The maximum Gasteiger partial charge on any atom is 0.143 e. The van der Waals surface area contributed by atoms with Gasteiger partial charge in [-0.3, -0.25) is 4.68 Å². The monoisotopic (exact) mass is 307 g/mol. The van der Waals surface area contributed by atoms with Crippen LogP contribution in [0, 0.1) is 0 Å². The molecule has 0 fully saturated rings. The predicted molar refractivity (Wildman–Crippen MR) is 93.2 cm³/mol. The molecule has 3 rings (SSSR count). The SMILES string of the molecule is CC(C)n1nccc1-c1cccc(OCc2ccccc2)c1N. The standard InChI is InChI=1S/C19H21N3O/c1-14(2)22-17(11-12-21-22)16-9-6-10-18(19(16)20)23-13-15-7-4-3-5-8-15/h3-12,14H,13,20H2,1-2H3. The summed E-state index contributed by atoms with van der Waals surface area (Å²) < 4.78 is 7.87. The first-order chi connectivity index (χ1) is 11.2. The van der Waals surface area contributed by atoms with E-state index in [4.69, 9.17) is 10.5 Å². The zero-order valence-corrected chi connectivity index (χ0v) is 13.4. The zero-order chi connectivity index (χ0) is 16.2. The first-order valence-electron chi connectivity index (χ1n) is 7.76. The molecule has 2 N–H and O–H groups in total. The Labute approximate surface area is 136 Å². The van der Waals surface area contributed by atoms with Gasteiger partial charge in [-0.2, -0.15) is 5.10 Å². The number of aromatic nitrogens is 2. The highest BCUT2D eigenvalue weighted by Crippen LogP contribution is 2.34. The van der Waals surface area contributed by atoms with Crippen molar-refractivity contribution in [1.82, 2.24) is 9.78 Å². The lowest BCUT2D eigenvalue weighted by molar-refractivity contribution is 0.308. The summed E-state index contributed by atoms with van der Waals surface area (Å²) in [4.78, 5) is 0. The first kappa shape index (κ1) is 15.2. The third-order valence-corrected chi connectivity index (χ3v) is 3.74. The van der Waals surface area contributed by atoms with E-state index in [1.165, 1.54) is 0 Å². The van der Waals surface area contributed by atoms with Crippen molar-refractivity contribution in [3.05, 3.63) is 66.4 Å². The third kappa shape index (κ3) is 3.21. The first-order valence-corrected chi connectivity index (χ1v) is 7.76. The molecule has 0 spiro atoms. The number of nitrogens with zero attached hydrogens (tertiary/aromatic N) is 2. The van der Waals surface area contributed by atoms with Crippen LogP contribution in [0.15, 0.2) is 60.8 Å². The maximum atomic E-state index is 6.34. The van der Waals surface area contributed by atoms with Crippen LogP contribution < -0.4 is 10.5 Å². The smallest absolute Gasteiger partial charge is 0.143 e. The highest BCUT2D eigenvalue weighted by molar-refractivity contribution is 5.78. The Balaban J connectivity index is 1.88. The molecule has 4 nitrogen and oxygen atoms in total. The molecule has 0 saturated carbocycles. The molecule has 23 heavy (non-hydrogen) atoms. The topological polar surface area (TPSA) is 53.1 Å². The molecular formula is C19H21N3O. The van der Waals surface area contributed by atoms with Crippen molar-refractivity contribution in [2.24, 2.45) is 0 Å². The average Bonchev–Trinajstić information content (AvgIpc) is 3.04. The summed E-state index contributed by atoms with van der Waals surface area (Å²) in [5, 5.41) is 4.38. The average molecular weight is 307 g/mol. The molecule has 0 aliphatic heterocycles. The zero-order valence-electron chi connectivity index (χ0n) is 13.4. The van der Waals surface area contributed by atoms with Gasteiger partial charge >= 0.3 is 0 Å². The molecule has 0 aliphatic carbocycles. The minimum absolute atomic E-state index is 0.272. The van der Waals surface area contributed by atoms with Gasteiger partial charge in [-0.25, -0.2) is 0 Å². The van der Waals surface area contributed by atoms with Gasteiger partial charge in [0.1, 0.15) is 12.4 Å². The van der Waals surface area contributed by atoms with E-state index in [0.717, 1.165) is 16.8 Å². The van der Waals surface area contributed by atoms with Crippen LogP contribution in [0.25, 0.3) is 11.3 Å². The summed E-state index contributed by atoms with van der Waals surface area (Å²) in [7, 11) is 0. The van der Waals surface area contributed by atoms with Crippen molar-refractivity contribution in [3.8, 4) is 17.0 Å². The van der Waals surface area contributed by atoms with Crippen LogP contribution in [-0.4, -0.2) is 9.78 Å². The van der Waals surface area contributed by atoms with Crippen molar-refractivity contribution in [1.29, 1.82) is 0 Å². The number of benzene rings is 2. The molecule has 0 saturated heterocycles. The van der Waals surface area contributed by atoms with Crippen molar-refractivity contribution in [2.75, 3.05) is 5.73 Å². The van der Waals surface area contributed by atoms with Crippen molar-refractivity contribution in [3.63, 3.8) is 0 Å². The fraction of sp³-hybridized carbons (Fsp3) is 0.211. The Bertz CT molecular complexity index is 778. The minimum Gasteiger partial charge on any atom is -0.487 e. The van der Waals surface area contributed by atoms with Crippen LogP contribution in [0.3, 0.4) is 0 Å². The van der Waals surface area contributed by atoms with E-state index in [1.807, 2.05) is 59.3 Å². The van der Waals surface area contributed by atoms with E-state index in [9.17, 15) is 0 Å². The Morgan fingerprint density at radius 3 is 2.57 bits per heavy atom. The van der Waals surface area contributed by atoms with Crippen LogP contribution in [0.4, 0.5) is 5.69 Å². The van der Waals surface area contributed by atoms with Gasteiger partial charge in [-0.05, 0) is 31.5 Å². The van der Waals surface area contributed by atoms with Gasteiger partial charge in [0.05, 0.1) is 11.4 Å². The van der Waals surface area contributed by atoms with Crippen LogP contribution >= 0.6 is 0 Å². The van der Waals surface area contributed by atoms with Gasteiger partial charge in [0, 0.05) is 17.8 Å². The molecule has 0 aliphatic rings. The predicted octanol–water partition coefficient (Wildman–Crippen LogP) is 4.29. The van der Waals surface area contributed by atoms with Gasteiger partial charge in [0.2, 0.25) is 0 Å². The van der Waals surface area contributed by atoms with Crippen LogP contribution in [0.1, 0.15) is 25.5 Å². The lowest BCUT2D eigenvalue weighted by atomic mass is 10.1. The molecule has 1 aromatic heterocycles. The summed E-state index contributed by atoms with van der Waals surface area (Å²) in [6, 6.07) is 18.2. The van der Waals surface area contributed by atoms with Crippen LogP contribution in [0.5, 0.6) is 5.75 Å². The number of nitrogen functional groups attached to an aromatic ring is 1. The molecular weight excluding hydrogens is 286 g/mol. The number of hydrogen-bond acceptors (Lipinski definition) is 3. The molecule has 4 heteroatoms. The number of nitrogens with two attached hydrogens (primary N) is 1. The maximum absolute atomic E-state index is 6.34. The minimum atomic E-state index is 0.272. The Kier molecular flexibility index (Phi) is 4.33. The summed E-state index contributed by atoms with van der Waals surface area (Å²) in [5.74, 6) is 0.697. The summed E-state index contributed by atoms with van der Waals surface area (Å²) in [6.07, 6.45) is 1.80. The number of rotatable bonds is 5. The normalized spacial score (nSPS) is 10.9. The van der Waals surface area contributed by atoms with Gasteiger partial charge in [0.15, 0.2) is 0 Å². The summed E-state index contributed by atoms with van der Waals surface area (Å²) >= 11 is 0. The van der Waals surface area contributed by atoms with E-state index < -0.39 is 0 Å². The van der Waals surface area contributed by atoms with Gasteiger partial charge in [-0.1, -0.05) is 42.5 Å². The fourth-order valence-corrected chi connectivity index (χ4v) is 2.57. The van der Waals surface area contributed by atoms with Gasteiger partial charge in [0.25, 0.3) is 0 Å². The van der Waals surface area contributed by atoms with Crippen molar-refractivity contribution in [2.45, 2.75) is 26.5 Å². The number of ether oxygens (including phenoxy) is 1. The largest absolute Gasteiger partial charge is 0.487 e. The molecule has 0 bridgehead atoms. The molecule has 0 atom stereocenters. The molecule has 118 valence electrons. The van der Waals surface area contributed by atoms with E-state index in [2.05, 4.69) is 18.9 Å². The van der Waals surface area contributed by atoms with Gasteiger partial charge in [-0.15, -0.1) is 0 Å². The summed E-state index contributed by atoms with van der Waals surface area (Å²) in [6.45, 7) is 4.70. The quantitative estimate of drug-likeness (QED) is 0.715. The highest BCUT2D eigenvalue weighted by atomic mass is 16.5. The second-order valence-corrected chi connectivity index (χ2v) is 5.75. The Hall–Kier alpha value is -2.75. The number of anilines is 1. The number of hydrogen-bond donors (Lipinski definition) is 1. The lowest BCUT2D eigenvalue weighted by Crippen LogP contribution is -2.06. The molecule has 0 radical (unpaired) electrons. The van der Waals surface area contributed by atoms with Crippen molar-refractivity contribution < 1.29 is 4.74 Å². The number of para-hydroxylation sites is 1. The van der Waals surface area contributed by atoms with Gasteiger partial charge < -0.3 is 10.5 Å². The van der Waals surface area contributed by atoms with Crippen LogP contribution in [-0.2, 0) is 6.61 Å². The van der Waals surface area contributed by atoms with Crippen molar-refractivity contribution >= 4 is 5.69 Å². The molecule has 1 heterocycles. The highest BCUT2D eigenvalue weighted by Gasteiger charge is 2.13. The Morgan fingerprint density at radius 1 is 1.04 bits per heavy atom. The third-order valence-electron chi connectivity index (χ3n) is 3.74. The lowest BCUT2D eigenvalue weighted by Gasteiger charge is -2.15. The summed E-state index contributed by atoms with van der Waals surface area (Å²) in [5.41, 5.74) is 10.0. The molecule has 0 unspecified atom stereocenters. The molecule has 2 aromatic carbocycles. The second-order valence-electron chi connectivity index (χ2n) is 5.75. The van der Waals surface area contributed by atoms with E-state index in [0.29, 0.717) is 18.0 Å². The van der Waals surface area contributed by atoms with Crippen LogP contribution in [0.2, 0.25) is 0 Å². The fourth-order valence-electron chi connectivity index (χ4n) is 2.57.